The lowest BCUT2D eigenvalue weighted by molar-refractivity contribution is 0.660. The molecule has 0 fully saturated rings. The summed E-state index contributed by atoms with van der Waals surface area (Å²) < 4.78 is 0. The zero-order valence-corrected chi connectivity index (χ0v) is 39.9. The Balaban J connectivity index is 1.05. The molecule has 330 valence electrons. The van der Waals surface area contributed by atoms with Crippen LogP contribution in [-0.2, 0) is 10.8 Å². The molecule has 0 heterocycles. The van der Waals surface area contributed by atoms with E-state index in [0.717, 1.165) is 0 Å². The minimum absolute atomic E-state index is 0.0946. The normalized spacial score (nSPS) is 13.9. The first-order chi connectivity index (χ1) is 34.2. The highest BCUT2D eigenvalue weighted by Crippen LogP contribution is 2.53. The maximum Gasteiger partial charge on any atom is 0.0159 e. The predicted molar refractivity (Wildman–Crippen MR) is 299 cm³/mol. The molecule has 0 saturated carbocycles. The van der Waals surface area contributed by atoms with Crippen LogP contribution >= 0.6 is 0 Å². The average Bonchev–Trinajstić information content (AvgIpc) is 3.78. The molecule has 0 radical (unpaired) electrons. The molecule has 2 aliphatic rings. The average molecular weight is 891 g/mol. The highest BCUT2D eigenvalue weighted by atomic mass is 14.4. The Kier molecular flexibility index (Phi) is 8.78. The van der Waals surface area contributed by atoms with Crippen molar-refractivity contribution in [2.45, 2.75) is 38.5 Å². The lowest BCUT2D eigenvalue weighted by atomic mass is 9.80. The maximum absolute atomic E-state index is 2.49. The largest absolute Gasteiger partial charge is 0.0619 e. The van der Waals surface area contributed by atoms with E-state index in [1.807, 2.05) is 0 Å². The van der Waals surface area contributed by atoms with Gasteiger partial charge in [0.1, 0.15) is 0 Å². The van der Waals surface area contributed by atoms with Crippen LogP contribution in [0.4, 0.5) is 0 Å². The summed E-state index contributed by atoms with van der Waals surface area (Å²) in [5.41, 5.74) is 23.1. The van der Waals surface area contributed by atoms with E-state index in [9.17, 15) is 0 Å². The minimum Gasteiger partial charge on any atom is -0.0619 e. The molecule has 0 unspecified atom stereocenters. The molecule has 0 saturated heterocycles. The third kappa shape index (κ3) is 6.03. The first-order valence-electron chi connectivity index (χ1n) is 24.8. The minimum atomic E-state index is -0.0961. The van der Waals surface area contributed by atoms with Gasteiger partial charge in [-0.25, -0.2) is 0 Å². The fourth-order valence-corrected chi connectivity index (χ4v) is 12.6. The molecule has 2 aliphatic carbocycles. The van der Waals surface area contributed by atoms with Gasteiger partial charge >= 0.3 is 0 Å². The third-order valence-electron chi connectivity index (χ3n) is 16.2. The number of hydrogen-bond donors (Lipinski definition) is 0. The molecule has 0 N–H and O–H groups in total. The predicted octanol–water partition coefficient (Wildman–Crippen LogP) is 19.2. The Morgan fingerprint density at radius 1 is 0.214 bits per heavy atom. The van der Waals surface area contributed by atoms with Crippen molar-refractivity contribution >= 4 is 43.1 Å². The van der Waals surface area contributed by atoms with E-state index >= 15 is 0 Å². The fourth-order valence-electron chi connectivity index (χ4n) is 12.6. The van der Waals surface area contributed by atoms with Crippen LogP contribution in [0.5, 0.6) is 0 Å². The molecule has 0 spiro atoms. The summed E-state index contributed by atoms with van der Waals surface area (Å²) in [7, 11) is 0. The topological polar surface area (TPSA) is 0 Å². The lowest BCUT2D eigenvalue weighted by Crippen LogP contribution is -2.14. The second kappa shape index (κ2) is 15.1. The molecule has 0 heteroatoms. The van der Waals surface area contributed by atoms with Crippen LogP contribution in [0.2, 0.25) is 0 Å². The Bertz CT molecular complexity index is 4170. The van der Waals surface area contributed by atoms with Gasteiger partial charge in [0.05, 0.1) is 0 Å². The smallest absolute Gasteiger partial charge is 0.0159 e. The fraction of sp³-hybridized carbons (Fsp3) is 0.0857. The quantitative estimate of drug-likeness (QED) is 0.151. The van der Waals surface area contributed by atoms with Gasteiger partial charge in [0.15, 0.2) is 0 Å². The second-order valence-corrected chi connectivity index (χ2v) is 20.8. The van der Waals surface area contributed by atoms with Crippen molar-refractivity contribution < 1.29 is 0 Å². The molecule has 0 aliphatic heterocycles. The summed E-state index contributed by atoms with van der Waals surface area (Å²) in [6, 6.07) is 87.3. The van der Waals surface area contributed by atoms with Crippen molar-refractivity contribution in [1.29, 1.82) is 0 Å². The molecule has 12 aromatic rings. The van der Waals surface area contributed by atoms with Crippen molar-refractivity contribution in [2.75, 3.05) is 0 Å². The van der Waals surface area contributed by atoms with Crippen molar-refractivity contribution in [1.82, 2.24) is 0 Å². The monoisotopic (exact) mass is 890 g/mol. The number of rotatable bonds is 5. The standard InChI is InChI=1S/C70H50/c1-69(2)63-25-11-9-22-54(63)56-33-29-50(41-65(56)69)48-32-36-60-61(39-48)67(52-20-13-19-46(38-52)47-28-27-43-15-5-6-17-45(43)37-47)59-35-31-49(40-62(59)68(60)58-24-14-18-44-16-7-8-21-53(44)58)51-30-34-57-55-23-10-12-26-64(55)70(3,4)66(57)42-51/h5-42H,1-4H3. The molecule has 0 bridgehead atoms. The van der Waals surface area contributed by atoms with Gasteiger partial charge in [0.25, 0.3) is 0 Å². The Hall–Kier alpha value is -8.32. The van der Waals surface area contributed by atoms with E-state index in [2.05, 4.69) is 258 Å². The van der Waals surface area contributed by atoms with Crippen LogP contribution in [-0.4, -0.2) is 0 Å². The molecule has 0 amide bonds. The van der Waals surface area contributed by atoms with Crippen LogP contribution < -0.4 is 0 Å². The summed E-state index contributed by atoms with van der Waals surface area (Å²) in [4.78, 5) is 0. The zero-order chi connectivity index (χ0) is 46.9. The van der Waals surface area contributed by atoms with E-state index in [0.29, 0.717) is 0 Å². The van der Waals surface area contributed by atoms with E-state index in [-0.39, 0.29) is 10.8 Å². The number of hydrogen-bond acceptors (Lipinski definition) is 0. The Morgan fingerprint density at radius 3 is 1.31 bits per heavy atom. The van der Waals surface area contributed by atoms with E-state index in [1.54, 1.807) is 0 Å². The van der Waals surface area contributed by atoms with Crippen molar-refractivity contribution in [3.8, 4) is 77.9 Å². The third-order valence-corrected chi connectivity index (χ3v) is 16.2. The van der Waals surface area contributed by atoms with Gasteiger partial charge in [-0.3, -0.25) is 0 Å². The molecular formula is C70H50. The van der Waals surface area contributed by atoms with Gasteiger partial charge in [0.2, 0.25) is 0 Å². The van der Waals surface area contributed by atoms with Gasteiger partial charge < -0.3 is 0 Å². The van der Waals surface area contributed by atoms with E-state index in [4.69, 9.17) is 0 Å². The first-order valence-corrected chi connectivity index (χ1v) is 24.8. The Labute approximate surface area is 410 Å². The molecule has 70 heavy (non-hydrogen) atoms. The van der Waals surface area contributed by atoms with Gasteiger partial charge in [-0.2, -0.15) is 0 Å². The van der Waals surface area contributed by atoms with E-state index < -0.39 is 0 Å². The highest BCUT2D eigenvalue weighted by Gasteiger charge is 2.36. The Morgan fingerprint density at radius 2 is 0.643 bits per heavy atom. The van der Waals surface area contributed by atoms with E-state index in [1.165, 1.54) is 143 Å². The van der Waals surface area contributed by atoms with Gasteiger partial charge in [0, 0.05) is 10.8 Å². The van der Waals surface area contributed by atoms with Crippen molar-refractivity contribution in [3.63, 3.8) is 0 Å². The van der Waals surface area contributed by atoms with Crippen LogP contribution in [0.25, 0.3) is 121 Å². The SMILES string of the molecule is CC1(C)c2ccccc2-c2ccc(-c3ccc4c(-c5cccc6ccccc56)c5cc(-c6ccc7c(c6)C(C)(C)c6ccccc6-7)ccc5c(-c5cccc(-c6ccc7ccccc7c6)c5)c4c3)cc21. The van der Waals surface area contributed by atoms with Crippen molar-refractivity contribution in [2.24, 2.45) is 0 Å². The zero-order valence-electron chi connectivity index (χ0n) is 39.9. The van der Waals surface area contributed by atoms with Gasteiger partial charge in [-0.05, 0) is 180 Å². The molecule has 14 rings (SSSR count). The highest BCUT2D eigenvalue weighted by molar-refractivity contribution is 6.24. The molecular weight excluding hydrogens is 841 g/mol. The summed E-state index contributed by atoms with van der Waals surface area (Å²) in [5.74, 6) is 0. The first kappa shape index (κ1) is 40.7. The van der Waals surface area contributed by atoms with Crippen LogP contribution in [0.1, 0.15) is 49.9 Å². The van der Waals surface area contributed by atoms with Crippen LogP contribution in [0.3, 0.4) is 0 Å². The number of benzene rings is 12. The van der Waals surface area contributed by atoms with Crippen LogP contribution in [0.15, 0.2) is 231 Å². The number of fused-ring (bicyclic) bond motifs is 10. The van der Waals surface area contributed by atoms with Gasteiger partial charge in [-0.15, -0.1) is 0 Å². The maximum atomic E-state index is 2.49. The van der Waals surface area contributed by atoms with Crippen molar-refractivity contribution in [3.05, 3.63) is 253 Å². The summed E-state index contributed by atoms with van der Waals surface area (Å²) in [6.45, 7) is 9.51. The molecule has 0 nitrogen and oxygen atoms in total. The summed E-state index contributed by atoms with van der Waals surface area (Å²) in [6.07, 6.45) is 0. The molecule has 0 aromatic heterocycles. The summed E-state index contributed by atoms with van der Waals surface area (Å²) in [5, 5.41) is 9.98. The summed E-state index contributed by atoms with van der Waals surface area (Å²) >= 11 is 0. The lowest BCUT2D eigenvalue weighted by Gasteiger charge is -2.23. The molecule has 12 aromatic carbocycles. The molecule has 0 atom stereocenters. The van der Waals surface area contributed by atoms with Crippen LogP contribution in [0, 0.1) is 0 Å². The second-order valence-electron chi connectivity index (χ2n) is 20.8. The van der Waals surface area contributed by atoms with Gasteiger partial charge in [-0.1, -0.05) is 222 Å².